The summed E-state index contributed by atoms with van der Waals surface area (Å²) in [6.07, 6.45) is 0. The summed E-state index contributed by atoms with van der Waals surface area (Å²) in [7, 11) is 3.51. The Morgan fingerprint density at radius 1 is 1.03 bits per heavy atom. The average molecular weight is 494 g/mol. The van der Waals surface area contributed by atoms with Gasteiger partial charge in [-0.3, -0.25) is 9.59 Å². The number of nitrogens with zero attached hydrogens (tertiary/aromatic N) is 3. The second-order valence-electron chi connectivity index (χ2n) is 6.95. The van der Waals surface area contributed by atoms with Gasteiger partial charge in [-0.1, -0.05) is 11.3 Å². The Morgan fingerprint density at radius 3 is 2.18 bits per heavy atom. The van der Waals surface area contributed by atoms with Crippen LogP contribution in [0.15, 0.2) is 46.3 Å². The Morgan fingerprint density at radius 2 is 1.64 bits per heavy atom. The maximum atomic E-state index is 12.8. The first-order valence-electron chi connectivity index (χ1n) is 9.56. The molecule has 176 valence electrons. The first-order chi connectivity index (χ1) is 15.6. The number of hydrogen-bond donors (Lipinski definition) is 0. The van der Waals surface area contributed by atoms with Gasteiger partial charge in [0, 0.05) is 31.8 Å². The normalized spacial score (nSPS) is 12.2. The Kier molecular flexibility index (Phi) is 7.20. The summed E-state index contributed by atoms with van der Waals surface area (Å²) in [5.41, 5.74) is 0.812. The van der Waals surface area contributed by atoms with Gasteiger partial charge in [0.2, 0.25) is 10.0 Å². The lowest BCUT2D eigenvalue weighted by atomic mass is 10.2. The second-order valence-corrected chi connectivity index (χ2v) is 10.1. The minimum absolute atomic E-state index is 0.0610. The highest BCUT2D eigenvalue weighted by Crippen LogP contribution is 2.33. The highest BCUT2D eigenvalue weighted by molar-refractivity contribution is 7.89. The van der Waals surface area contributed by atoms with E-state index in [4.69, 9.17) is 14.2 Å². The minimum atomic E-state index is -3.62. The van der Waals surface area contributed by atoms with Crippen molar-refractivity contribution in [2.45, 2.75) is 11.4 Å². The molecule has 1 heterocycles. The van der Waals surface area contributed by atoms with Gasteiger partial charge in [0.05, 0.1) is 36.4 Å². The maximum absolute atomic E-state index is 12.8. The quantitative estimate of drug-likeness (QED) is 0.462. The Hall–Kier alpha value is -3.22. The molecule has 0 saturated carbocycles. The molecule has 1 amide bonds. The molecule has 0 atom stereocenters. The number of rotatable bonds is 7. The van der Waals surface area contributed by atoms with E-state index in [9.17, 15) is 18.0 Å². The number of benzene rings is 2. The van der Waals surface area contributed by atoms with Crippen LogP contribution in [0.4, 0.5) is 0 Å². The van der Waals surface area contributed by atoms with Crippen LogP contribution in [0.3, 0.4) is 0 Å². The third-order valence-corrected chi connectivity index (χ3v) is 7.65. The summed E-state index contributed by atoms with van der Waals surface area (Å²) in [6.45, 7) is -0.169. The first kappa shape index (κ1) is 24.4. The predicted molar refractivity (Wildman–Crippen MR) is 122 cm³/mol. The Balaban J connectivity index is 2.11. The van der Waals surface area contributed by atoms with E-state index in [1.807, 2.05) is 0 Å². The van der Waals surface area contributed by atoms with Crippen molar-refractivity contribution in [2.75, 3.05) is 35.4 Å². The van der Waals surface area contributed by atoms with Gasteiger partial charge in [0.25, 0.3) is 5.91 Å². The third-order valence-electron chi connectivity index (χ3n) is 4.78. The van der Waals surface area contributed by atoms with Crippen LogP contribution in [0.2, 0.25) is 0 Å². The zero-order chi connectivity index (χ0) is 24.3. The molecule has 0 saturated heterocycles. The van der Waals surface area contributed by atoms with E-state index in [-0.39, 0.29) is 21.8 Å². The zero-order valence-corrected chi connectivity index (χ0v) is 20.3. The van der Waals surface area contributed by atoms with Crippen LogP contribution in [-0.2, 0) is 26.1 Å². The predicted octanol–water partition coefficient (Wildman–Crippen LogP) is 1.88. The van der Waals surface area contributed by atoms with Crippen molar-refractivity contribution in [3.63, 3.8) is 0 Å². The van der Waals surface area contributed by atoms with E-state index in [1.165, 1.54) is 71.0 Å². The molecule has 3 aromatic rings. The SMILES string of the molecule is COC(=O)Cn1c(=NC(=O)c2ccc(S(=O)(=O)N(C)C)cc2)sc2cc(OC)c(OC)cc21. The molecule has 0 radical (unpaired) electrons. The summed E-state index contributed by atoms with van der Waals surface area (Å²) in [6, 6.07) is 8.91. The molecule has 10 nitrogen and oxygen atoms in total. The van der Waals surface area contributed by atoms with Crippen LogP contribution in [0.5, 0.6) is 11.5 Å². The van der Waals surface area contributed by atoms with E-state index < -0.39 is 21.9 Å². The molecular formula is C21H23N3O7S2. The number of fused-ring (bicyclic) bond motifs is 1. The molecule has 0 fully saturated rings. The summed E-state index contributed by atoms with van der Waals surface area (Å²) < 4.78 is 43.3. The minimum Gasteiger partial charge on any atom is -0.493 e. The van der Waals surface area contributed by atoms with Gasteiger partial charge in [-0.25, -0.2) is 12.7 Å². The van der Waals surface area contributed by atoms with Crippen LogP contribution in [-0.4, -0.2) is 64.6 Å². The molecule has 0 unspecified atom stereocenters. The maximum Gasteiger partial charge on any atom is 0.325 e. The molecule has 0 spiro atoms. The van der Waals surface area contributed by atoms with Crippen molar-refractivity contribution in [3.8, 4) is 11.5 Å². The molecule has 0 aliphatic carbocycles. The van der Waals surface area contributed by atoms with Crippen LogP contribution in [0.25, 0.3) is 10.2 Å². The monoisotopic (exact) mass is 493 g/mol. The van der Waals surface area contributed by atoms with Crippen molar-refractivity contribution < 1.29 is 32.2 Å². The van der Waals surface area contributed by atoms with Gasteiger partial charge in [0.1, 0.15) is 6.54 Å². The summed E-state index contributed by atoms with van der Waals surface area (Å²) in [5.74, 6) is -0.159. The lowest BCUT2D eigenvalue weighted by molar-refractivity contribution is -0.141. The fourth-order valence-corrected chi connectivity index (χ4v) is 4.90. The van der Waals surface area contributed by atoms with Crippen LogP contribution < -0.4 is 14.3 Å². The number of sulfonamides is 1. The summed E-state index contributed by atoms with van der Waals surface area (Å²) in [5, 5.41) is 0. The lowest BCUT2D eigenvalue weighted by Crippen LogP contribution is -2.23. The number of methoxy groups -OCH3 is 3. The summed E-state index contributed by atoms with van der Waals surface area (Å²) in [4.78, 5) is 29.4. The molecule has 12 heteroatoms. The first-order valence-corrected chi connectivity index (χ1v) is 11.8. The zero-order valence-electron chi connectivity index (χ0n) is 18.7. The number of carbonyl (C=O) groups excluding carboxylic acids is 2. The van der Waals surface area contributed by atoms with Crippen LogP contribution >= 0.6 is 11.3 Å². The van der Waals surface area contributed by atoms with Crippen molar-refractivity contribution >= 4 is 43.5 Å². The molecule has 0 N–H and O–H groups in total. The largest absolute Gasteiger partial charge is 0.493 e. The van der Waals surface area contributed by atoms with Gasteiger partial charge in [-0.15, -0.1) is 0 Å². The summed E-state index contributed by atoms with van der Waals surface area (Å²) >= 11 is 1.19. The highest BCUT2D eigenvalue weighted by atomic mass is 32.2. The number of thiazole rings is 1. The fourth-order valence-electron chi connectivity index (χ4n) is 2.96. The number of hydrogen-bond acceptors (Lipinski definition) is 8. The van der Waals surface area contributed by atoms with E-state index >= 15 is 0 Å². The molecule has 0 aliphatic rings. The number of carbonyl (C=O) groups is 2. The molecule has 0 aliphatic heterocycles. The van der Waals surface area contributed by atoms with E-state index in [1.54, 1.807) is 16.7 Å². The molecular weight excluding hydrogens is 470 g/mol. The Bertz CT molecular complexity index is 1370. The number of ether oxygens (including phenoxy) is 3. The van der Waals surface area contributed by atoms with Crippen molar-refractivity contribution in [1.29, 1.82) is 0 Å². The topological polar surface area (TPSA) is 117 Å². The number of esters is 1. The third kappa shape index (κ3) is 4.92. The van der Waals surface area contributed by atoms with E-state index in [2.05, 4.69) is 4.99 Å². The van der Waals surface area contributed by atoms with Crippen molar-refractivity contribution in [1.82, 2.24) is 8.87 Å². The standard InChI is InChI=1S/C21H23N3O7S2/c1-23(2)33(27,28)14-8-6-13(7-9-14)20(26)22-21-24(12-19(25)31-5)15-10-16(29-3)17(30-4)11-18(15)32-21/h6-11H,12H2,1-5H3. The van der Waals surface area contributed by atoms with Crippen molar-refractivity contribution in [3.05, 3.63) is 46.8 Å². The van der Waals surface area contributed by atoms with E-state index in [0.29, 0.717) is 17.0 Å². The lowest BCUT2D eigenvalue weighted by Gasteiger charge is -2.11. The Labute approximate surface area is 194 Å². The van der Waals surface area contributed by atoms with Crippen molar-refractivity contribution in [2.24, 2.45) is 4.99 Å². The molecule has 2 aromatic carbocycles. The molecule has 1 aromatic heterocycles. The molecule has 33 heavy (non-hydrogen) atoms. The second kappa shape index (κ2) is 9.73. The van der Waals surface area contributed by atoms with Crippen LogP contribution in [0, 0.1) is 0 Å². The smallest absolute Gasteiger partial charge is 0.325 e. The van der Waals surface area contributed by atoms with Gasteiger partial charge >= 0.3 is 5.97 Å². The van der Waals surface area contributed by atoms with Crippen LogP contribution in [0.1, 0.15) is 10.4 Å². The number of aromatic nitrogens is 1. The number of amides is 1. The molecule has 0 bridgehead atoms. The fraction of sp³-hybridized carbons (Fsp3) is 0.286. The van der Waals surface area contributed by atoms with Gasteiger partial charge < -0.3 is 18.8 Å². The molecule has 3 rings (SSSR count). The average Bonchev–Trinajstić information content (AvgIpc) is 3.13. The van der Waals surface area contributed by atoms with E-state index in [0.717, 1.165) is 9.01 Å². The van der Waals surface area contributed by atoms with Gasteiger partial charge in [-0.05, 0) is 24.3 Å². The highest BCUT2D eigenvalue weighted by Gasteiger charge is 2.19. The van der Waals surface area contributed by atoms with Gasteiger partial charge in [0.15, 0.2) is 16.3 Å². The van der Waals surface area contributed by atoms with Gasteiger partial charge in [-0.2, -0.15) is 4.99 Å².